The summed E-state index contributed by atoms with van der Waals surface area (Å²) < 4.78 is 0. The maximum atomic E-state index is 9.20. The summed E-state index contributed by atoms with van der Waals surface area (Å²) in [5.74, 6) is 0.639. The molecule has 0 saturated heterocycles. The number of aromatic nitrogens is 2. The molecule has 0 radical (unpaired) electrons. The summed E-state index contributed by atoms with van der Waals surface area (Å²) in [5.41, 5.74) is 2.58. The van der Waals surface area contributed by atoms with Gasteiger partial charge < -0.3 is 5.32 Å². The number of hydrogen-bond donors (Lipinski definition) is 1. The van der Waals surface area contributed by atoms with E-state index in [0.717, 1.165) is 16.3 Å². The SMILES string of the molecule is Cc1nc(C)c(C(C)Nc2nccc(C)c2C#N)s1. The second-order valence-electron chi connectivity index (χ2n) is 4.51. The van der Waals surface area contributed by atoms with Gasteiger partial charge in [-0.1, -0.05) is 0 Å². The van der Waals surface area contributed by atoms with Gasteiger partial charge in [-0.25, -0.2) is 9.97 Å². The molecule has 5 heteroatoms. The number of nitriles is 1. The minimum Gasteiger partial charge on any atom is -0.362 e. The second kappa shape index (κ2) is 5.37. The first-order valence-electron chi connectivity index (χ1n) is 6.09. The van der Waals surface area contributed by atoms with Gasteiger partial charge in [-0.15, -0.1) is 11.3 Å². The molecule has 19 heavy (non-hydrogen) atoms. The van der Waals surface area contributed by atoms with Crippen molar-refractivity contribution >= 4 is 17.2 Å². The molecule has 1 atom stereocenters. The molecule has 0 saturated carbocycles. The monoisotopic (exact) mass is 272 g/mol. The lowest BCUT2D eigenvalue weighted by molar-refractivity contribution is 0.878. The van der Waals surface area contributed by atoms with Crippen molar-refractivity contribution < 1.29 is 0 Å². The summed E-state index contributed by atoms with van der Waals surface area (Å²) >= 11 is 1.68. The fourth-order valence-electron chi connectivity index (χ4n) is 2.03. The molecule has 0 bridgehead atoms. The number of thiazole rings is 1. The Bertz CT molecular complexity index is 639. The normalized spacial score (nSPS) is 11.9. The van der Waals surface area contributed by atoms with Crippen molar-refractivity contribution in [3.05, 3.63) is 39.0 Å². The van der Waals surface area contributed by atoms with E-state index in [2.05, 4.69) is 28.3 Å². The molecule has 0 aliphatic carbocycles. The molecule has 2 heterocycles. The highest BCUT2D eigenvalue weighted by molar-refractivity contribution is 7.11. The third kappa shape index (κ3) is 2.74. The second-order valence-corrected chi connectivity index (χ2v) is 5.75. The molecule has 98 valence electrons. The van der Waals surface area contributed by atoms with E-state index < -0.39 is 0 Å². The van der Waals surface area contributed by atoms with Gasteiger partial charge in [0.05, 0.1) is 22.3 Å². The average Bonchev–Trinajstić information content (AvgIpc) is 2.69. The average molecular weight is 272 g/mol. The summed E-state index contributed by atoms with van der Waals surface area (Å²) in [6.45, 7) is 7.98. The Hall–Kier alpha value is -1.93. The van der Waals surface area contributed by atoms with Crippen LogP contribution in [0, 0.1) is 32.1 Å². The Morgan fingerprint density at radius 3 is 2.68 bits per heavy atom. The summed E-state index contributed by atoms with van der Waals surface area (Å²) in [7, 11) is 0. The summed E-state index contributed by atoms with van der Waals surface area (Å²) in [5, 5.41) is 13.6. The predicted octanol–water partition coefficient (Wildman–Crippen LogP) is 3.51. The molecule has 2 rings (SSSR count). The van der Waals surface area contributed by atoms with E-state index in [0.29, 0.717) is 11.4 Å². The Kier molecular flexibility index (Phi) is 3.82. The Labute approximate surface area is 117 Å². The number of pyridine rings is 1. The van der Waals surface area contributed by atoms with Gasteiger partial charge in [0.15, 0.2) is 0 Å². The van der Waals surface area contributed by atoms with Gasteiger partial charge >= 0.3 is 0 Å². The van der Waals surface area contributed by atoms with Gasteiger partial charge in [0.2, 0.25) is 0 Å². The minimum atomic E-state index is 0.0904. The lowest BCUT2D eigenvalue weighted by Crippen LogP contribution is -2.09. The fraction of sp³-hybridized carbons (Fsp3) is 0.357. The molecule has 0 aliphatic rings. The molecule has 4 nitrogen and oxygen atoms in total. The topological polar surface area (TPSA) is 61.6 Å². The number of nitrogens with one attached hydrogen (secondary N) is 1. The Balaban J connectivity index is 2.30. The van der Waals surface area contributed by atoms with Gasteiger partial charge in [-0.05, 0) is 39.3 Å². The highest BCUT2D eigenvalue weighted by atomic mass is 32.1. The summed E-state index contributed by atoms with van der Waals surface area (Å²) in [6, 6.07) is 4.14. The third-order valence-corrected chi connectivity index (χ3v) is 4.21. The van der Waals surface area contributed by atoms with Gasteiger partial charge in [0.25, 0.3) is 0 Å². The van der Waals surface area contributed by atoms with Crippen molar-refractivity contribution in [3.8, 4) is 6.07 Å². The predicted molar refractivity (Wildman–Crippen MR) is 77.3 cm³/mol. The molecule has 1 N–H and O–H groups in total. The lowest BCUT2D eigenvalue weighted by atomic mass is 10.1. The number of anilines is 1. The standard InChI is InChI=1S/C14H16N4S/c1-8-5-6-16-14(12(8)7-15)18-10(3)13-9(2)17-11(4)19-13/h5-6,10H,1-4H3,(H,16,18). The number of aryl methyl sites for hydroxylation is 3. The van der Waals surface area contributed by atoms with Gasteiger partial charge in [0.1, 0.15) is 11.9 Å². The van der Waals surface area contributed by atoms with E-state index >= 15 is 0 Å². The van der Waals surface area contributed by atoms with Crippen molar-refractivity contribution in [1.82, 2.24) is 9.97 Å². The number of nitrogens with zero attached hydrogens (tertiary/aromatic N) is 3. The van der Waals surface area contributed by atoms with Crippen LogP contribution in [0.3, 0.4) is 0 Å². The molecule has 2 aromatic rings. The van der Waals surface area contributed by atoms with Crippen LogP contribution >= 0.6 is 11.3 Å². The molecule has 2 aromatic heterocycles. The van der Waals surface area contributed by atoms with E-state index in [1.54, 1.807) is 17.5 Å². The van der Waals surface area contributed by atoms with Crippen LogP contribution in [-0.2, 0) is 0 Å². The van der Waals surface area contributed by atoms with Gasteiger partial charge in [0, 0.05) is 11.1 Å². The van der Waals surface area contributed by atoms with E-state index in [9.17, 15) is 5.26 Å². The molecular formula is C14H16N4S. The zero-order valence-electron chi connectivity index (χ0n) is 11.5. The molecule has 0 spiro atoms. The van der Waals surface area contributed by atoms with Crippen molar-refractivity contribution in [3.63, 3.8) is 0 Å². The van der Waals surface area contributed by atoms with Crippen LogP contribution in [0.1, 0.15) is 39.7 Å². The first-order valence-corrected chi connectivity index (χ1v) is 6.90. The van der Waals surface area contributed by atoms with Crippen LogP contribution in [0.4, 0.5) is 5.82 Å². The van der Waals surface area contributed by atoms with Gasteiger partial charge in [-0.3, -0.25) is 0 Å². The van der Waals surface area contributed by atoms with Crippen LogP contribution in [-0.4, -0.2) is 9.97 Å². The van der Waals surface area contributed by atoms with E-state index in [4.69, 9.17) is 0 Å². The summed E-state index contributed by atoms with van der Waals surface area (Å²) in [6.07, 6.45) is 1.72. The number of hydrogen-bond acceptors (Lipinski definition) is 5. The zero-order chi connectivity index (χ0) is 14.0. The molecule has 0 aromatic carbocycles. The van der Waals surface area contributed by atoms with Crippen LogP contribution in [0.15, 0.2) is 12.3 Å². The zero-order valence-corrected chi connectivity index (χ0v) is 12.3. The first-order chi connectivity index (χ1) is 9.02. The molecule has 0 aliphatic heterocycles. The minimum absolute atomic E-state index is 0.0904. The Morgan fingerprint density at radius 1 is 1.37 bits per heavy atom. The largest absolute Gasteiger partial charge is 0.362 e. The van der Waals surface area contributed by atoms with Crippen LogP contribution in [0.5, 0.6) is 0 Å². The van der Waals surface area contributed by atoms with E-state index in [-0.39, 0.29) is 6.04 Å². The molecule has 1 unspecified atom stereocenters. The maximum Gasteiger partial charge on any atom is 0.144 e. The van der Waals surface area contributed by atoms with Crippen molar-refractivity contribution in [2.45, 2.75) is 33.7 Å². The third-order valence-electron chi connectivity index (χ3n) is 2.96. The Morgan fingerprint density at radius 2 is 2.11 bits per heavy atom. The van der Waals surface area contributed by atoms with Gasteiger partial charge in [-0.2, -0.15) is 5.26 Å². The molecule has 0 amide bonds. The van der Waals surface area contributed by atoms with Crippen molar-refractivity contribution in [1.29, 1.82) is 5.26 Å². The van der Waals surface area contributed by atoms with E-state index in [1.165, 1.54) is 4.88 Å². The number of rotatable bonds is 3. The first kappa shape index (κ1) is 13.5. The summed E-state index contributed by atoms with van der Waals surface area (Å²) in [4.78, 5) is 9.87. The highest BCUT2D eigenvalue weighted by Gasteiger charge is 2.15. The smallest absolute Gasteiger partial charge is 0.144 e. The maximum absolute atomic E-state index is 9.20. The van der Waals surface area contributed by atoms with Crippen molar-refractivity contribution in [2.75, 3.05) is 5.32 Å². The molecular weight excluding hydrogens is 256 g/mol. The highest BCUT2D eigenvalue weighted by Crippen LogP contribution is 2.28. The van der Waals surface area contributed by atoms with Crippen LogP contribution < -0.4 is 5.32 Å². The quantitative estimate of drug-likeness (QED) is 0.928. The van der Waals surface area contributed by atoms with Crippen LogP contribution in [0.2, 0.25) is 0 Å². The molecule has 0 fully saturated rings. The fourth-order valence-corrected chi connectivity index (χ4v) is 2.96. The van der Waals surface area contributed by atoms with Crippen molar-refractivity contribution in [2.24, 2.45) is 0 Å². The van der Waals surface area contributed by atoms with E-state index in [1.807, 2.05) is 26.8 Å². The van der Waals surface area contributed by atoms with Crippen LogP contribution in [0.25, 0.3) is 0 Å². The lowest BCUT2D eigenvalue weighted by Gasteiger charge is -2.15.